The van der Waals surface area contributed by atoms with Gasteiger partial charge in [-0.25, -0.2) is 4.79 Å². The van der Waals surface area contributed by atoms with E-state index in [2.05, 4.69) is 10.6 Å². The molecule has 0 bridgehead atoms. The molecule has 0 aliphatic carbocycles. The molecule has 5 heteroatoms. The van der Waals surface area contributed by atoms with Crippen molar-refractivity contribution < 1.29 is 9.59 Å². The van der Waals surface area contributed by atoms with Crippen molar-refractivity contribution in [3.05, 3.63) is 59.7 Å². The van der Waals surface area contributed by atoms with Gasteiger partial charge < -0.3 is 15.5 Å². The second-order valence-corrected chi connectivity index (χ2v) is 5.99. The number of urea groups is 1. The summed E-state index contributed by atoms with van der Waals surface area (Å²) in [5.74, 6) is 0.159. The molecule has 0 aromatic heterocycles. The number of amides is 3. The predicted octanol–water partition coefficient (Wildman–Crippen LogP) is 3.44. The minimum atomic E-state index is -0.249. The van der Waals surface area contributed by atoms with Crippen molar-refractivity contribution in [1.29, 1.82) is 0 Å². The third-order valence-electron chi connectivity index (χ3n) is 4.08. The topological polar surface area (TPSA) is 61.4 Å². The first kappa shape index (κ1) is 16.1. The highest BCUT2D eigenvalue weighted by Crippen LogP contribution is 2.22. The van der Waals surface area contributed by atoms with Gasteiger partial charge in [0.1, 0.15) is 0 Å². The van der Waals surface area contributed by atoms with Crippen LogP contribution < -0.4 is 15.5 Å². The highest BCUT2D eigenvalue weighted by atomic mass is 16.2. The van der Waals surface area contributed by atoms with Gasteiger partial charge in [0.05, 0.1) is 0 Å². The molecule has 24 heavy (non-hydrogen) atoms. The van der Waals surface area contributed by atoms with Crippen LogP contribution in [-0.4, -0.2) is 18.5 Å². The lowest BCUT2D eigenvalue weighted by atomic mass is 10.1. The van der Waals surface area contributed by atoms with Gasteiger partial charge in [-0.1, -0.05) is 29.8 Å². The second-order valence-electron chi connectivity index (χ2n) is 5.99. The zero-order valence-corrected chi connectivity index (χ0v) is 13.7. The molecule has 1 heterocycles. The van der Waals surface area contributed by atoms with Gasteiger partial charge in [-0.15, -0.1) is 0 Å². The van der Waals surface area contributed by atoms with Crippen LogP contribution in [0.5, 0.6) is 0 Å². The Bertz CT molecular complexity index is 723. The Morgan fingerprint density at radius 1 is 1.08 bits per heavy atom. The van der Waals surface area contributed by atoms with Crippen molar-refractivity contribution >= 4 is 23.3 Å². The fourth-order valence-electron chi connectivity index (χ4n) is 2.71. The summed E-state index contributed by atoms with van der Waals surface area (Å²) in [7, 11) is 0. The second kappa shape index (κ2) is 7.17. The molecule has 0 atom stereocenters. The molecule has 2 aromatic rings. The van der Waals surface area contributed by atoms with E-state index in [1.807, 2.05) is 55.5 Å². The Labute approximate surface area is 141 Å². The highest BCUT2D eigenvalue weighted by molar-refractivity contribution is 5.96. The zero-order chi connectivity index (χ0) is 16.9. The van der Waals surface area contributed by atoms with E-state index in [-0.39, 0.29) is 11.9 Å². The van der Waals surface area contributed by atoms with Crippen molar-refractivity contribution in [2.45, 2.75) is 26.3 Å². The number of hydrogen-bond acceptors (Lipinski definition) is 2. The molecule has 1 fully saturated rings. The summed E-state index contributed by atoms with van der Waals surface area (Å²) < 4.78 is 0. The molecule has 0 radical (unpaired) electrons. The summed E-state index contributed by atoms with van der Waals surface area (Å²) in [4.78, 5) is 25.5. The Balaban J connectivity index is 1.52. The fourth-order valence-corrected chi connectivity index (χ4v) is 2.71. The number of carbonyl (C=O) groups is 2. The van der Waals surface area contributed by atoms with Crippen LogP contribution in [0.4, 0.5) is 16.2 Å². The highest BCUT2D eigenvalue weighted by Gasteiger charge is 2.21. The number of hydrogen-bond donors (Lipinski definition) is 2. The van der Waals surface area contributed by atoms with Gasteiger partial charge in [0.2, 0.25) is 5.91 Å². The number of carbonyl (C=O) groups excluding carboxylic acids is 2. The molecule has 0 saturated carbocycles. The largest absolute Gasteiger partial charge is 0.334 e. The van der Waals surface area contributed by atoms with Crippen molar-refractivity contribution in [3.8, 4) is 0 Å². The van der Waals surface area contributed by atoms with E-state index >= 15 is 0 Å². The van der Waals surface area contributed by atoms with E-state index < -0.39 is 0 Å². The van der Waals surface area contributed by atoms with E-state index in [0.29, 0.717) is 18.7 Å². The minimum Gasteiger partial charge on any atom is -0.334 e. The third kappa shape index (κ3) is 3.93. The monoisotopic (exact) mass is 323 g/mol. The lowest BCUT2D eigenvalue weighted by molar-refractivity contribution is -0.117. The van der Waals surface area contributed by atoms with E-state index in [9.17, 15) is 9.59 Å². The maximum Gasteiger partial charge on any atom is 0.319 e. The molecule has 0 spiro atoms. The van der Waals surface area contributed by atoms with Crippen molar-refractivity contribution in [1.82, 2.24) is 5.32 Å². The van der Waals surface area contributed by atoms with Crippen molar-refractivity contribution in [2.24, 2.45) is 0 Å². The van der Waals surface area contributed by atoms with Crippen molar-refractivity contribution in [2.75, 3.05) is 16.8 Å². The van der Waals surface area contributed by atoms with Gasteiger partial charge in [0.25, 0.3) is 0 Å². The maximum atomic E-state index is 12.0. The molecule has 2 aromatic carbocycles. The van der Waals surface area contributed by atoms with Gasteiger partial charge in [-0.3, -0.25) is 4.79 Å². The fraction of sp³-hybridized carbons (Fsp3) is 0.263. The van der Waals surface area contributed by atoms with Crippen LogP contribution in [0.15, 0.2) is 48.5 Å². The predicted molar refractivity (Wildman–Crippen MR) is 95.1 cm³/mol. The zero-order valence-electron chi connectivity index (χ0n) is 13.7. The first-order chi connectivity index (χ1) is 11.6. The average Bonchev–Trinajstić information content (AvgIpc) is 3.01. The molecular formula is C19H21N3O2. The van der Waals surface area contributed by atoms with Gasteiger partial charge in [-0.2, -0.15) is 0 Å². The minimum absolute atomic E-state index is 0.159. The Morgan fingerprint density at radius 2 is 1.79 bits per heavy atom. The van der Waals surface area contributed by atoms with Crippen LogP contribution >= 0.6 is 0 Å². The molecule has 5 nitrogen and oxygen atoms in total. The summed E-state index contributed by atoms with van der Waals surface area (Å²) >= 11 is 0. The first-order valence-electron chi connectivity index (χ1n) is 8.13. The SMILES string of the molecule is Cc1ccc(CNC(=O)Nc2ccc(N3CCCC3=O)cc2)cc1. The summed E-state index contributed by atoms with van der Waals surface area (Å²) in [6, 6.07) is 15.1. The molecule has 0 unspecified atom stereocenters. The van der Waals surface area contributed by atoms with Crippen LogP contribution in [-0.2, 0) is 11.3 Å². The molecule has 1 aliphatic heterocycles. The van der Waals surface area contributed by atoms with Gasteiger partial charge in [0, 0.05) is 30.9 Å². The molecule has 1 aliphatic rings. The number of nitrogens with zero attached hydrogens (tertiary/aromatic N) is 1. The van der Waals surface area contributed by atoms with Crippen LogP contribution in [0.3, 0.4) is 0 Å². The lowest BCUT2D eigenvalue weighted by Gasteiger charge is -2.16. The van der Waals surface area contributed by atoms with Crippen LogP contribution in [0.2, 0.25) is 0 Å². The van der Waals surface area contributed by atoms with E-state index in [4.69, 9.17) is 0 Å². The van der Waals surface area contributed by atoms with Gasteiger partial charge in [0.15, 0.2) is 0 Å². The number of aryl methyl sites for hydroxylation is 1. The Morgan fingerprint density at radius 3 is 2.42 bits per heavy atom. The standard InChI is InChI=1S/C19H21N3O2/c1-14-4-6-15(7-5-14)13-20-19(24)21-16-8-10-17(11-9-16)22-12-2-3-18(22)23/h4-11H,2-3,12-13H2,1H3,(H2,20,21,24). The molecule has 1 saturated heterocycles. The van der Waals surface area contributed by atoms with E-state index in [0.717, 1.165) is 24.2 Å². The van der Waals surface area contributed by atoms with Gasteiger partial charge >= 0.3 is 6.03 Å². The third-order valence-corrected chi connectivity index (χ3v) is 4.08. The molecule has 3 rings (SSSR count). The molecular weight excluding hydrogens is 302 g/mol. The molecule has 124 valence electrons. The molecule has 2 N–H and O–H groups in total. The van der Waals surface area contributed by atoms with E-state index in [1.54, 1.807) is 4.90 Å². The Hall–Kier alpha value is -2.82. The lowest BCUT2D eigenvalue weighted by Crippen LogP contribution is -2.28. The summed E-state index contributed by atoms with van der Waals surface area (Å²) in [6.07, 6.45) is 1.52. The van der Waals surface area contributed by atoms with E-state index in [1.165, 1.54) is 5.56 Å². The first-order valence-corrected chi connectivity index (χ1v) is 8.13. The average molecular weight is 323 g/mol. The number of anilines is 2. The van der Waals surface area contributed by atoms with Crippen molar-refractivity contribution in [3.63, 3.8) is 0 Å². The smallest absolute Gasteiger partial charge is 0.319 e. The summed E-state index contributed by atoms with van der Waals surface area (Å²) in [5, 5.41) is 5.63. The maximum absolute atomic E-state index is 12.0. The Kier molecular flexibility index (Phi) is 4.79. The normalized spacial score (nSPS) is 13.9. The van der Waals surface area contributed by atoms with Crippen LogP contribution in [0.25, 0.3) is 0 Å². The summed E-state index contributed by atoms with van der Waals surface area (Å²) in [5.41, 5.74) is 3.83. The molecule has 3 amide bonds. The number of benzene rings is 2. The summed E-state index contributed by atoms with van der Waals surface area (Å²) in [6.45, 7) is 3.28. The van der Waals surface area contributed by atoms with Crippen LogP contribution in [0.1, 0.15) is 24.0 Å². The quantitative estimate of drug-likeness (QED) is 0.905. The number of rotatable bonds is 4. The van der Waals surface area contributed by atoms with Crippen LogP contribution in [0, 0.1) is 6.92 Å². The van der Waals surface area contributed by atoms with Gasteiger partial charge in [-0.05, 0) is 43.2 Å². The number of nitrogens with one attached hydrogen (secondary N) is 2.